The second-order valence-corrected chi connectivity index (χ2v) is 5.15. The molecule has 1 amide bonds. The molecule has 0 aromatic rings. The first-order valence-corrected chi connectivity index (χ1v) is 6.77. The topological polar surface area (TPSA) is 83.6 Å². The van der Waals surface area contributed by atoms with Crippen LogP contribution in [0.3, 0.4) is 0 Å². The third-order valence-corrected chi connectivity index (χ3v) is 3.86. The summed E-state index contributed by atoms with van der Waals surface area (Å²) in [6, 6.07) is -1.29. The summed E-state index contributed by atoms with van der Waals surface area (Å²) in [5.41, 5.74) is 5.93. The predicted octanol–water partition coefficient (Wildman–Crippen LogP) is 1.22. The fourth-order valence-electron chi connectivity index (χ4n) is 2.32. The van der Waals surface area contributed by atoms with Gasteiger partial charge in [-0.3, -0.25) is 4.79 Å². The van der Waals surface area contributed by atoms with Crippen molar-refractivity contribution in [1.82, 2.24) is 4.90 Å². The lowest BCUT2D eigenvalue weighted by atomic mass is 9.98. The lowest BCUT2D eigenvalue weighted by Gasteiger charge is -2.31. The van der Waals surface area contributed by atoms with Crippen molar-refractivity contribution >= 4 is 11.9 Å². The SMILES string of the molecule is CC[C@H](C)[C@H](N)C(=O)N1CCCCCC1C(=O)O. The predicted molar refractivity (Wildman–Crippen MR) is 69.0 cm³/mol. The molecule has 1 saturated heterocycles. The molecule has 1 unspecified atom stereocenters. The van der Waals surface area contributed by atoms with Gasteiger partial charge in [0.1, 0.15) is 6.04 Å². The second kappa shape index (κ2) is 6.73. The Hall–Kier alpha value is -1.10. The molecule has 0 spiro atoms. The second-order valence-electron chi connectivity index (χ2n) is 5.15. The third-order valence-electron chi connectivity index (χ3n) is 3.86. The number of carboxylic acid groups (broad SMARTS) is 1. The van der Waals surface area contributed by atoms with E-state index in [1.807, 2.05) is 13.8 Å². The van der Waals surface area contributed by atoms with Crippen molar-refractivity contribution in [3.8, 4) is 0 Å². The first-order chi connectivity index (χ1) is 8.49. The number of carbonyl (C=O) groups excluding carboxylic acids is 1. The molecule has 18 heavy (non-hydrogen) atoms. The van der Waals surface area contributed by atoms with Gasteiger partial charge in [0.25, 0.3) is 0 Å². The number of rotatable bonds is 4. The van der Waals surface area contributed by atoms with Gasteiger partial charge in [-0.1, -0.05) is 33.1 Å². The third kappa shape index (κ3) is 3.45. The van der Waals surface area contributed by atoms with Crippen LogP contribution in [0.15, 0.2) is 0 Å². The van der Waals surface area contributed by atoms with Crippen molar-refractivity contribution in [1.29, 1.82) is 0 Å². The first kappa shape index (κ1) is 15.0. The van der Waals surface area contributed by atoms with Crippen LogP contribution in [-0.2, 0) is 9.59 Å². The summed E-state index contributed by atoms with van der Waals surface area (Å²) in [6.45, 7) is 4.42. The normalized spacial score (nSPS) is 24.2. The monoisotopic (exact) mass is 256 g/mol. The van der Waals surface area contributed by atoms with Gasteiger partial charge in [-0.25, -0.2) is 4.79 Å². The van der Waals surface area contributed by atoms with Gasteiger partial charge < -0.3 is 15.7 Å². The standard InChI is InChI=1S/C13H24N2O3/c1-3-9(2)11(14)12(16)15-8-6-4-5-7-10(15)13(17)18/h9-11H,3-8,14H2,1-2H3,(H,17,18)/t9-,10?,11-/m0/s1. The summed E-state index contributed by atoms with van der Waals surface area (Å²) in [5, 5.41) is 9.23. The molecule has 104 valence electrons. The van der Waals surface area contributed by atoms with Gasteiger partial charge >= 0.3 is 5.97 Å². The van der Waals surface area contributed by atoms with Crippen LogP contribution in [0.5, 0.6) is 0 Å². The van der Waals surface area contributed by atoms with E-state index in [2.05, 4.69) is 0 Å². The number of aliphatic carboxylic acids is 1. The number of amides is 1. The number of carboxylic acids is 1. The Bertz CT molecular complexity index is 307. The van der Waals surface area contributed by atoms with Crippen molar-refractivity contribution in [2.24, 2.45) is 11.7 Å². The van der Waals surface area contributed by atoms with Crippen LogP contribution in [0.1, 0.15) is 46.0 Å². The molecular formula is C13H24N2O3. The van der Waals surface area contributed by atoms with E-state index in [-0.39, 0.29) is 11.8 Å². The molecule has 1 rings (SSSR count). The van der Waals surface area contributed by atoms with Crippen LogP contribution in [0.2, 0.25) is 0 Å². The van der Waals surface area contributed by atoms with Gasteiger partial charge in [0.15, 0.2) is 0 Å². The molecular weight excluding hydrogens is 232 g/mol. The van der Waals surface area contributed by atoms with Crippen LogP contribution in [0.4, 0.5) is 0 Å². The Balaban J connectivity index is 2.81. The number of nitrogens with two attached hydrogens (primary N) is 1. The maximum atomic E-state index is 12.3. The maximum absolute atomic E-state index is 12.3. The van der Waals surface area contributed by atoms with E-state index in [9.17, 15) is 14.7 Å². The van der Waals surface area contributed by atoms with Crippen LogP contribution >= 0.6 is 0 Å². The van der Waals surface area contributed by atoms with E-state index in [1.54, 1.807) is 0 Å². The van der Waals surface area contributed by atoms with Crippen molar-refractivity contribution < 1.29 is 14.7 Å². The van der Waals surface area contributed by atoms with E-state index >= 15 is 0 Å². The van der Waals surface area contributed by atoms with Gasteiger partial charge in [0.05, 0.1) is 6.04 Å². The Labute approximate surface area is 108 Å². The fourth-order valence-corrected chi connectivity index (χ4v) is 2.32. The number of nitrogens with zero attached hydrogens (tertiary/aromatic N) is 1. The molecule has 0 saturated carbocycles. The van der Waals surface area contributed by atoms with Gasteiger partial charge in [0.2, 0.25) is 5.91 Å². The summed E-state index contributed by atoms with van der Waals surface area (Å²) in [4.78, 5) is 25.0. The number of hydrogen-bond acceptors (Lipinski definition) is 3. The summed E-state index contributed by atoms with van der Waals surface area (Å²) in [7, 11) is 0. The first-order valence-electron chi connectivity index (χ1n) is 6.77. The minimum absolute atomic E-state index is 0.0789. The molecule has 0 aliphatic carbocycles. The number of carbonyl (C=O) groups is 2. The van der Waals surface area contributed by atoms with Crippen molar-refractivity contribution in [2.75, 3.05) is 6.54 Å². The average Bonchev–Trinajstić information content (AvgIpc) is 2.61. The van der Waals surface area contributed by atoms with E-state index in [4.69, 9.17) is 5.73 Å². The smallest absolute Gasteiger partial charge is 0.326 e. The van der Waals surface area contributed by atoms with Gasteiger partial charge in [0, 0.05) is 6.54 Å². The largest absolute Gasteiger partial charge is 0.480 e. The zero-order valence-corrected chi connectivity index (χ0v) is 11.3. The molecule has 5 heteroatoms. The van der Waals surface area contributed by atoms with Gasteiger partial charge in [-0.05, 0) is 18.8 Å². The molecule has 0 bridgehead atoms. The summed E-state index contributed by atoms with van der Waals surface area (Å²) in [6.07, 6.45) is 4.06. The van der Waals surface area contributed by atoms with Crippen LogP contribution in [0.25, 0.3) is 0 Å². The highest BCUT2D eigenvalue weighted by Crippen LogP contribution is 2.19. The average molecular weight is 256 g/mol. The zero-order chi connectivity index (χ0) is 13.7. The summed E-state index contributed by atoms with van der Waals surface area (Å²) < 4.78 is 0. The Morgan fingerprint density at radius 2 is 2.06 bits per heavy atom. The molecule has 3 N–H and O–H groups in total. The van der Waals surface area contributed by atoms with Crippen LogP contribution in [0, 0.1) is 5.92 Å². The lowest BCUT2D eigenvalue weighted by Crippen LogP contribution is -2.53. The molecule has 0 radical (unpaired) electrons. The molecule has 1 fully saturated rings. The molecule has 1 heterocycles. The molecule has 0 aromatic carbocycles. The molecule has 3 atom stereocenters. The van der Waals surface area contributed by atoms with Crippen LogP contribution in [-0.4, -0.2) is 40.5 Å². The Morgan fingerprint density at radius 3 is 2.61 bits per heavy atom. The fraction of sp³-hybridized carbons (Fsp3) is 0.846. The molecule has 5 nitrogen and oxygen atoms in total. The van der Waals surface area contributed by atoms with Crippen molar-refractivity contribution in [3.05, 3.63) is 0 Å². The van der Waals surface area contributed by atoms with E-state index in [1.165, 1.54) is 4.90 Å². The highest BCUT2D eigenvalue weighted by atomic mass is 16.4. The zero-order valence-electron chi connectivity index (χ0n) is 11.3. The van der Waals surface area contributed by atoms with E-state index in [0.29, 0.717) is 13.0 Å². The quantitative estimate of drug-likeness (QED) is 0.792. The van der Waals surface area contributed by atoms with E-state index < -0.39 is 18.1 Å². The highest BCUT2D eigenvalue weighted by Gasteiger charge is 2.34. The summed E-state index contributed by atoms with van der Waals surface area (Å²) >= 11 is 0. The van der Waals surface area contributed by atoms with Gasteiger partial charge in [-0.2, -0.15) is 0 Å². The number of hydrogen-bond donors (Lipinski definition) is 2. The van der Waals surface area contributed by atoms with Crippen molar-refractivity contribution in [2.45, 2.75) is 58.0 Å². The highest BCUT2D eigenvalue weighted by molar-refractivity contribution is 5.87. The van der Waals surface area contributed by atoms with Crippen molar-refractivity contribution in [3.63, 3.8) is 0 Å². The maximum Gasteiger partial charge on any atom is 0.326 e. The Morgan fingerprint density at radius 1 is 1.39 bits per heavy atom. The molecule has 1 aliphatic rings. The molecule has 1 aliphatic heterocycles. The van der Waals surface area contributed by atoms with Gasteiger partial charge in [-0.15, -0.1) is 0 Å². The minimum atomic E-state index is -0.915. The Kier molecular flexibility index (Phi) is 5.59. The molecule has 0 aromatic heterocycles. The number of likely N-dealkylation sites (tertiary alicyclic amines) is 1. The lowest BCUT2D eigenvalue weighted by molar-refractivity contribution is -0.151. The summed E-state index contributed by atoms with van der Waals surface area (Å²) in [5.74, 6) is -1.05. The van der Waals surface area contributed by atoms with E-state index in [0.717, 1.165) is 25.7 Å². The van der Waals surface area contributed by atoms with Crippen LogP contribution < -0.4 is 5.73 Å². The minimum Gasteiger partial charge on any atom is -0.480 e.